The second-order valence-corrected chi connectivity index (χ2v) is 8.62. The number of hydrogen-bond acceptors (Lipinski definition) is 7. The molecule has 0 N–H and O–H groups in total. The zero-order valence-electron chi connectivity index (χ0n) is 18.3. The summed E-state index contributed by atoms with van der Waals surface area (Å²) in [7, 11) is 1.56. The van der Waals surface area contributed by atoms with Gasteiger partial charge in [0.1, 0.15) is 17.1 Å². The lowest BCUT2D eigenvalue weighted by molar-refractivity contribution is -0.274. The molecule has 3 aromatic rings. The van der Waals surface area contributed by atoms with Crippen molar-refractivity contribution in [2.24, 2.45) is 0 Å². The number of anilines is 1. The van der Waals surface area contributed by atoms with Crippen molar-refractivity contribution in [2.75, 3.05) is 12.0 Å². The zero-order chi connectivity index (χ0) is 24.2. The summed E-state index contributed by atoms with van der Waals surface area (Å²) in [5.74, 6) is 0.436. The third kappa shape index (κ3) is 7.07. The largest absolute Gasteiger partial charge is 0.573 e. The Morgan fingerprint density at radius 3 is 2.36 bits per heavy atom. The molecular weight excluding hydrogens is 459 g/mol. The van der Waals surface area contributed by atoms with Gasteiger partial charge < -0.3 is 14.2 Å². The van der Waals surface area contributed by atoms with Gasteiger partial charge in [-0.2, -0.15) is 9.36 Å². The van der Waals surface area contributed by atoms with Gasteiger partial charge in [-0.15, -0.1) is 13.2 Å². The Kier molecular flexibility index (Phi) is 7.11. The van der Waals surface area contributed by atoms with E-state index in [1.165, 1.54) is 23.1 Å². The fourth-order valence-electron chi connectivity index (χ4n) is 2.72. The van der Waals surface area contributed by atoms with Crippen LogP contribution in [0.3, 0.4) is 0 Å². The predicted molar refractivity (Wildman–Crippen MR) is 117 cm³/mol. The van der Waals surface area contributed by atoms with E-state index in [1.54, 1.807) is 58.2 Å². The molecule has 33 heavy (non-hydrogen) atoms. The van der Waals surface area contributed by atoms with E-state index in [4.69, 9.17) is 9.47 Å². The fraction of sp³-hybridized carbons (Fsp3) is 0.318. The Labute approximate surface area is 192 Å². The SMILES string of the molecule is COc1ccc(CN(C(=O)OC(C)(C)C)c2nc(-c3cccc(OC(F)(F)F)c3)ns2)cc1. The number of rotatable bonds is 6. The van der Waals surface area contributed by atoms with Crippen LogP contribution in [0.2, 0.25) is 0 Å². The number of amides is 1. The fourth-order valence-corrected chi connectivity index (χ4v) is 3.39. The third-order valence-electron chi connectivity index (χ3n) is 4.09. The second-order valence-electron chi connectivity index (χ2n) is 7.89. The van der Waals surface area contributed by atoms with Gasteiger partial charge in [0.2, 0.25) is 5.13 Å². The van der Waals surface area contributed by atoms with Crippen LogP contribution in [0.25, 0.3) is 11.4 Å². The molecule has 0 unspecified atom stereocenters. The first-order valence-corrected chi connectivity index (χ1v) is 10.5. The zero-order valence-corrected chi connectivity index (χ0v) is 19.2. The number of benzene rings is 2. The predicted octanol–water partition coefficient (Wildman–Crippen LogP) is 6.05. The molecule has 1 heterocycles. The quantitative estimate of drug-likeness (QED) is 0.427. The Bertz CT molecular complexity index is 1100. The Hall–Kier alpha value is -3.34. The molecule has 0 aliphatic carbocycles. The van der Waals surface area contributed by atoms with E-state index in [0.29, 0.717) is 11.3 Å². The van der Waals surface area contributed by atoms with Crippen molar-refractivity contribution >= 4 is 22.8 Å². The summed E-state index contributed by atoms with van der Waals surface area (Å²) in [6, 6.07) is 12.4. The lowest BCUT2D eigenvalue weighted by Gasteiger charge is -2.25. The number of aromatic nitrogens is 2. The maximum absolute atomic E-state index is 12.9. The van der Waals surface area contributed by atoms with Gasteiger partial charge in [-0.1, -0.05) is 24.3 Å². The highest BCUT2D eigenvalue weighted by Gasteiger charge is 2.31. The minimum atomic E-state index is -4.81. The molecule has 2 aromatic carbocycles. The molecule has 11 heteroatoms. The van der Waals surface area contributed by atoms with Crippen LogP contribution in [0.4, 0.5) is 23.1 Å². The first kappa shape index (κ1) is 24.3. The molecule has 0 radical (unpaired) electrons. The van der Waals surface area contributed by atoms with E-state index in [0.717, 1.165) is 17.1 Å². The average Bonchev–Trinajstić information content (AvgIpc) is 3.20. The highest BCUT2D eigenvalue weighted by atomic mass is 32.1. The van der Waals surface area contributed by atoms with Gasteiger partial charge in [0.25, 0.3) is 0 Å². The summed E-state index contributed by atoms with van der Waals surface area (Å²) < 4.78 is 56.5. The van der Waals surface area contributed by atoms with Crippen molar-refractivity contribution in [3.63, 3.8) is 0 Å². The molecular formula is C22H22F3N3O4S. The Morgan fingerprint density at radius 2 is 1.76 bits per heavy atom. The van der Waals surface area contributed by atoms with Crippen LogP contribution in [-0.2, 0) is 11.3 Å². The van der Waals surface area contributed by atoms with Crippen molar-refractivity contribution in [1.29, 1.82) is 0 Å². The third-order valence-corrected chi connectivity index (χ3v) is 4.82. The molecule has 0 bridgehead atoms. The van der Waals surface area contributed by atoms with Crippen LogP contribution in [0.15, 0.2) is 48.5 Å². The Morgan fingerprint density at radius 1 is 1.06 bits per heavy atom. The van der Waals surface area contributed by atoms with Crippen LogP contribution in [0.5, 0.6) is 11.5 Å². The van der Waals surface area contributed by atoms with Gasteiger partial charge in [-0.3, -0.25) is 0 Å². The number of halogens is 3. The average molecular weight is 481 g/mol. The van der Waals surface area contributed by atoms with E-state index in [9.17, 15) is 18.0 Å². The van der Waals surface area contributed by atoms with Gasteiger partial charge in [-0.05, 0) is 50.6 Å². The molecule has 1 amide bonds. The summed E-state index contributed by atoms with van der Waals surface area (Å²) in [6.07, 6.45) is -5.44. The normalized spacial score (nSPS) is 11.7. The topological polar surface area (TPSA) is 73.8 Å². The minimum absolute atomic E-state index is 0.144. The number of nitrogens with zero attached hydrogens (tertiary/aromatic N) is 3. The summed E-state index contributed by atoms with van der Waals surface area (Å²) in [4.78, 5) is 18.6. The van der Waals surface area contributed by atoms with E-state index < -0.39 is 23.8 Å². The number of methoxy groups -OCH3 is 1. The monoisotopic (exact) mass is 481 g/mol. The second kappa shape index (κ2) is 9.65. The molecule has 0 saturated carbocycles. The number of ether oxygens (including phenoxy) is 3. The van der Waals surface area contributed by atoms with Crippen molar-refractivity contribution in [2.45, 2.75) is 39.3 Å². The summed E-state index contributed by atoms with van der Waals surface area (Å²) in [5, 5.41) is 0.234. The molecule has 0 fully saturated rings. The molecule has 0 atom stereocenters. The van der Waals surface area contributed by atoms with Gasteiger partial charge in [0.05, 0.1) is 13.7 Å². The molecule has 0 aliphatic heterocycles. The number of carbonyl (C=O) groups is 1. The van der Waals surface area contributed by atoms with E-state index in [-0.39, 0.29) is 17.5 Å². The first-order valence-electron chi connectivity index (χ1n) is 9.77. The summed E-state index contributed by atoms with van der Waals surface area (Å²) >= 11 is 0.929. The van der Waals surface area contributed by atoms with Crippen LogP contribution in [0, 0.1) is 0 Å². The van der Waals surface area contributed by atoms with Gasteiger partial charge in [0, 0.05) is 17.1 Å². The maximum Gasteiger partial charge on any atom is 0.573 e. The molecule has 176 valence electrons. The Balaban J connectivity index is 1.90. The van der Waals surface area contributed by atoms with Crippen molar-refractivity contribution in [1.82, 2.24) is 9.36 Å². The van der Waals surface area contributed by atoms with Crippen molar-refractivity contribution < 1.29 is 32.2 Å². The summed E-state index contributed by atoms with van der Waals surface area (Å²) in [6.45, 7) is 5.38. The number of carbonyl (C=O) groups excluding carboxylic acids is 1. The standard InChI is InChI=1S/C22H22F3N3O4S/c1-21(2,3)32-20(29)28(13-14-8-10-16(30-4)11-9-14)19-26-18(27-33-19)15-6-5-7-17(12-15)31-22(23,24)25/h5-12H,13H2,1-4H3. The summed E-state index contributed by atoms with van der Waals surface area (Å²) in [5.41, 5.74) is 0.360. The van der Waals surface area contributed by atoms with Crippen LogP contribution >= 0.6 is 11.5 Å². The smallest absolute Gasteiger partial charge is 0.497 e. The lowest BCUT2D eigenvalue weighted by atomic mass is 10.2. The van der Waals surface area contributed by atoms with Gasteiger partial charge in [-0.25, -0.2) is 9.69 Å². The molecule has 0 saturated heterocycles. The van der Waals surface area contributed by atoms with Crippen LogP contribution < -0.4 is 14.4 Å². The van der Waals surface area contributed by atoms with E-state index in [2.05, 4.69) is 14.1 Å². The highest BCUT2D eigenvalue weighted by molar-refractivity contribution is 7.10. The molecule has 0 aliphatic rings. The molecule has 1 aromatic heterocycles. The molecule has 3 rings (SSSR count). The highest BCUT2D eigenvalue weighted by Crippen LogP contribution is 2.30. The van der Waals surface area contributed by atoms with Crippen molar-refractivity contribution in [3.8, 4) is 22.9 Å². The van der Waals surface area contributed by atoms with E-state index in [1.807, 2.05) is 0 Å². The molecule has 0 spiro atoms. The first-order chi connectivity index (χ1) is 15.4. The number of hydrogen-bond donors (Lipinski definition) is 0. The minimum Gasteiger partial charge on any atom is -0.497 e. The van der Waals surface area contributed by atoms with Crippen LogP contribution in [0.1, 0.15) is 26.3 Å². The maximum atomic E-state index is 12.9. The van der Waals surface area contributed by atoms with Crippen LogP contribution in [-0.4, -0.2) is 34.5 Å². The number of alkyl halides is 3. The van der Waals surface area contributed by atoms with Gasteiger partial charge in [0.15, 0.2) is 5.82 Å². The molecule has 7 nitrogen and oxygen atoms in total. The lowest BCUT2D eigenvalue weighted by Crippen LogP contribution is -2.36. The van der Waals surface area contributed by atoms with E-state index >= 15 is 0 Å². The van der Waals surface area contributed by atoms with Gasteiger partial charge >= 0.3 is 12.5 Å². The van der Waals surface area contributed by atoms with Crippen molar-refractivity contribution in [3.05, 3.63) is 54.1 Å².